The van der Waals surface area contributed by atoms with Crippen LogP contribution < -0.4 is 14.4 Å². The van der Waals surface area contributed by atoms with Crippen molar-refractivity contribution >= 4 is 55.8 Å². The second-order valence-electron chi connectivity index (χ2n) is 6.43. The van der Waals surface area contributed by atoms with Crippen molar-refractivity contribution < 1.29 is 17.9 Å². The molecule has 0 aromatic heterocycles. The maximum atomic E-state index is 13.2. The Morgan fingerprint density at radius 2 is 1.61 bits per heavy atom. The van der Waals surface area contributed by atoms with Crippen LogP contribution in [0.25, 0.3) is 0 Å². The summed E-state index contributed by atoms with van der Waals surface area (Å²) in [7, 11) is -3.92. The standard InChI is InChI=1S/C22H20ClIN2O4S/c23-20-8-4-5-9-21(20)30-15-14-25-22(27)16-26(18-12-10-17(24)11-13-18)31(28,29)19-6-2-1-3-7-19/h1-13H,14-16H2,(H,25,27). The SMILES string of the molecule is O=C(CN(c1ccc(I)cc1)S(=O)(=O)c1ccccc1)NCCOc1ccccc1Cl. The van der Waals surface area contributed by atoms with Gasteiger partial charge in [0.15, 0.2) is 0 Å². The van der Waals surface area contributed by atoms with Crippen LogP contribution in [-0.4, -0.2) is 34.0 Å². The van der Waals surface area contributed by atoms with E-state index in [0.29, 0.717) is 16.5 Å². The maximum absolute atomic E-state index is 13.2. The largest absolute Gasteiger partial charge is 0.490 e. The number of hydrogen-bond acceptors (Lipinski definition) is 4. The van der Waals surface area contributed by atoms with Gasteiger partial charge in [-0.15, -0.1) is 0 Å². The molecule has 1 N–H and O–H groups in total. The van der Waals surface area contributed by atoms with E-state index in [-0.39, 0.29) is 24.6 Å². The first-order valence-electron chi connectivity index (χ1n) is 9.35. The summed E-state index contributed by atoms with van der Waals surface area (Å²) in [5.41, 5.74) is 0.409. The molecule has 6 nitrogen and oxygen atoms in total. The lowest BCUT2D eigenvalue weighted by atomic mass is 10.3. The number of rotatable bonds is 9. The minimum Gasteiger partial charge on any atom is -0.490 e. The molecule has 3 rings (SSSR count). The lowest BCUT2D eigenvalue weighted by Gasteiger charge is -2.24. The molecule has 0 unspecified atom stereocenters. The fourth-order valence-corrected chi connectivity index (χ4v) is 4.73. The fourth-order valence-electron chi connectivity index (χ4n) is 2.74. The summed E-state index contributed by atoms with van der Waals surface area (Å²) >= 11 is 8.17. The smallest absolute Gasteiger partial charge is 0.264 e. The van der Waals surface area contributed by atoms with E-state index in [1.807, 2.05) is 0 Å². The Morgan fingerprint density at radius 3 is 2.29 bits per heavy atom. The van der Waals surface area contributed by atoms with Crippen molar-refractivity contribution in [2.75, 3.05) is 24.0 Å². The zero-order valence-corrected chi connectivity index (χ0v) is 20.1. The molecule has 0 radical (unpaired) electrons. The van der Waals surface area contributed by atoms with Gasteiger partial charge in [0.25, 0.3) is 10.0 Å². The second kappa shape index (κ2) is 10.8. The molecule has 3 aromatic carbocycles. The van der Waals surface area contributed by atoms with E-state index in [1.165, 1.54) is 12.1 Å². The van der Waals surface area contributed by atoms with Gasteiger partial charge >= 0.3 is 0 Å². The molecule has 0 aliphatic carbocycles. The zero-order chi connectivity index (χ0) is 22.3. The number of amides is 1. The molecule has 0 aliphatic heterocycles. The molecular formula is C22H20ClIN2O4S. The fraction of sp³-hybridized carbons (Fsp3) is 0.136. The molecule has 3 aromatic rings. The number of nitrogens with one attached hydrogen (secondary N) is 1. The highest BCUT2D eigenvalue weighted by molar-refractivity contribution is 14.1. The monoisotopic (exact) mass is 570 g/mol. The van der Waals surface area contributed by atoms with Gasteiger partial charge < -0.3 is 10.1 Å². The lowest BCUT2D eigenvalue weighted by molar-refractivity contribution is -0.119. The number of sulfonamides is 1. The van der Waals surface area contributed by atoms with Crippen LogP contribution in [0.4, 0.5) is 5.69 Å². The van der Waals surface area contributed by atoms with Gasteiger partial charge in [0.05, 0.1) is 22.2 Å². The van der Waals surface area contributed by atoms with Gasteiger partial charge in [0, 0.05) is 3.57 Å². The summed E-state index contributed by atoms with van der Waals surface area (Å²) in [6.07, 6.45) is 0. The molecule has 0 fully saturated rings. The van der Waals surface area contributed by atoms with Crippen molar-refractivity contribution in [1.82, 2.24) is 5.32 Å². The molecular weight excluding hydrogens is 551 g/mol. The number of para-hydroxylation sites is 1. The summed E-state index contributed by atoms with van der Waals surface area (Å²) in [5, 5.41) is 3.17. The number of halogens is 2. The highest BCUT2D eigenvalue weighted by Crippen LogP contribution is 2.24. The minimum atomic E-state index is -3.92. The van der Waals surface area contributed by atoms with E-state index in [1.54, 1.807) is 66.7 Å². The van der Waals surface area contributed by atoms with Gasteiger partial charge in [-0.1, -0.05) is 41.9 Å². The maximum Gasteiger partial charge on any atom is 0.264 e. The van der Waals surface area contributed by atoms with Crippen LogP contribution in [0.2, 0.25) is 5.02 Å². The van der Waals surface area contributed by atoms with E-state index >= 15 is 0 Å². The lowest BCUT2D eigenvalue weighted by Crippen LogP contribution is -2.41. The third-order valence-electron chi connectivity index (χ3n) is 4.25. The predicted molar refractivity (Wildman–Crippen MR) is 130 cm³/mol. The summed E-state index contributed by atoms with van der Waals surface area (Å²) in [6.45, 7) is 0.0460. The molecule has 162 valence electrons. The van der Waals surface area contributed by atoms with E-state index in [4.69, 9.17) is 16.3 Å². The van der Waals surface area contributed by atoms with Crippen LogP contribution in [-0.2, 0) is 14.8 Å². The van der Waals surface area contributed by atoms with Crippen molar-refractivity contribution in [3.8, 4) is 5.75 Å². The molecule has 0 saturated carbocycles. The van der Waals surface area contributed by atoms with Crippen molar-refractivity contribution in [2.45, 2.75) is 4.90 Å². The number of ether oxygens (including phenoxy) is 1. The Labute approximate surface area is 200 Å². The van der Waals surface area contributed by atoms with E-state index < -0.39 is 15.9 Å². The highest BCUT2D eigenvalue weighted by Gasteiger charge is 2.27. The summed E-state index contributed by atoms with van der Waals surface area (Å²) in [5.74, 6) is 0.0754. The van der Waals surface area contributed by atoms with Crippen molar-refractivity contribution in [1.29, 1.82) is 0 Å². The number of carbonyl (C=O) groups excluding carboxylic acids is 1. The van der Waals surface area contributed by atoms with E-state index in [2.05, 4.69) is 27.9 Å². The van der Waals surface area contributed by atoms with Crippen molar-refractivity contribution in [3.05, 3.63) is 87.5 Å². The first-order valence-corrected chi connectivity index (χ1v) is 12.2. The molecule has 0 aliphatic rings. The Bertz CT molecular complexity index is 1130. The van der Waals surface area contributed by atoms with Crippen molar-refractivity contribution in [2.24, 2.45) is 0 Å². The Morgan fingerprint density at radius 1 is 0.968 bits per heavy atom. The van der Waals surface area contributed by atoms with Gasteiger partial charge in [-0.05, 0) is 71.1 Å². The van der Waals surface area contributed by atoms with Crippen LogP contribution in [0.5, 0.6) is 5.75 Å². The predicted octanol–water partition coefficient (Wildman–Crippen LogP) is 4.34. The first-order chi connectivity index (χ1) is 14.9. The molecule has 0 spiro atoms. The minimum absolute atomic E-state index is 0.114. The molecule has 0 saturated heterocycles. The van der Waals surface area contributed by atoms with Gasteiger partial charge in [0.1, 0.15) is 18.9 Å². The average Bonchev–Trinajstić information content (AvgIpc) is 2.77. The topological polar surface area (TPSA) is 75.7 Å². The van der Waals surface area contributed by atoms with Crippen LogP contribution in [0.3, 0.4) is 0 Å². The summed E-state index contributed by atoms with van der Waals surface area (Å²) < 4.78 is 34.0. The van der Waals surface area contributed by atoms with E-state index in [0.717, 1.165) is 7.88 Å². The number of carbonyl (C=O) groups is 1. The highest BCUT2D eigenvalue weighted by atomic mass is 127. The van der Waals surface area contributed by atoms with Crippen LogP contribution in [0.15, 0.2) is 83.8 Å². The van der Waals surface area contributed by atoms with Gasteiger partial charge in [-0.2, -0.15) is 0 Å². The first kappa shape index (κ1) is 23.4. The van der Waals surface area contributed by atoms with Crippen LogP contribution in [0, 0.1) is 3.57 Å². The molecule has 9 heteroatoms. The van der Waals surface area contributed by atoms with E-state index in [9.17, 15) is 13.2 Å². The summed E-state index contributed by atoms with van der Waals surface area (Å²) in [6, 6.07) is 22.0. The van der Waals surface area contributed by atoms with Crippen LogP contribution >= 0.6 is 34.2 Å². The zero-order valence-electron chi connectivity index (χ0n) is 16.4. The molecule has 31 heavy (non-hydrogen) atoms. The third kappa shape index (κ3) is 6.34. The number of anilines is 1. The Hall–Kier alpha value is -2.30. The molecule has 0 heterocycles. The second-order valence-corrected chi connectivity index (χ2v) is 9.95. The molecule has 0 atom stereocenters. The Balaban J connectivity index is 1.69. The quantitative estimate of drug-likeness (QED) is 0.307. The summed E-state index contributed by atoms with van der Waals surface area (Å²) in [4.78, 5) is 12.7. The van der Waals surface area contributed by atoms with Crippen molar-refractivity contribution in [3.63, 3.8) is 0 Å². The average molecular weight is 571 g/mol. The number of benzene rings is 3. The number of nitrogens with zero attached hydrogens (tertiary/aromatic N) is 1. The third-order valence-corrected chi connectivity index (χ3v) is 7.07. The normalized spacial score (nSPS) is 11.0. The molecule has 1 amide bonds. The van der Waals surface area contributed by atoms with Gasteiger partial charge in [0.2, 0.25) is 5.91 Å². The number of hydrogen-bond donors (Lipinski definition) is 1. The van der Waals surface area contributed by atoms with Gasteiger partial charge in [-0.25, -0.2) is 8.42 Å². The Kier molecular flexibility index (Phi) is 8.16. The molecule has 0 bridgehead atoms. The van der Waals surface area contributed by atoms with Crippen LogP contribution in [0.1, 0.15) is 0 Å². The van der Waals surface area contributed by atoms with Gasteiger partial charge in [-0.3, -0.25) is 9.10 Å².